The first kappa shape index (κ1) is 10.7. The van der Waals surface area contributed by atoms with Crippen LogP contribution >= 0.6 is 11.6 Å². The molecule has 1 rings (SSSR count). The van der Waals surface area contributed by atoms with Gasteiger partial charge in [0.1, 0.15) is 11.6 Å². The van der Waals surface area contributed by atoms with E-state index in [1.165, 1.54) is 7.11 Å². The second-order valence-corrected chi connectivity index (χ2v) is 2.78. The summed E-state index contributed by atoms with van der Waals surface area (Å²) in [5, 5.41) is -0.801. The average molecular weight is 217 g/mol. The van der Waals surface area contributed by atoms with Gasteiger partial charge < -0.3 is 4.74 Å². The van der Waals surface area contributed by atoms with Crippen molar-refractivity contribution in [1.82, 2.24) is 0 Å². The van der Waals surface area contributed by atoms with Gasteiger partial charge in [0.2, 0.25) is 0 Å². The first-order valence-corrected chi connectivity index (χ1v) is 4.01. The largest absolute Gasteiger partial charge is 0.495 e. The number of carbonyl (C=O) groups is 2. The highest BCUT2D eigenvalue weighted by atomic mass is 35.5. The van der Waals surface area contributed by atoms with Gasteiger partial charge >= 0.3 is 0 Å². The molecule has 0 aliphatic heterocycles. The highest BCUT2D eigenvalue weighted by Crippen LogP contribution is 2.26. The van der Waals surface area contributed by atoms with Crippen LogP contribution in [0.3, 0.4) is 0 Å². The van der Waals surface area contributed by atoms with Crippen molar-refractivity contribution in [1.29, 1.82) is 0 Å². The van der Waals surface area contributed by atoms with E-state index >= 15 is 0 Å². The normalized spacial score (nSPS) is 9.64. The summed E-state index contributed by atoms with van der Waals surface area (Å²) in [6.45, 7) is 0. The van der Waals surface area contributed by atoms with Gasteiger partial charge in [-0.1, -0.05) is 0 Å². The minimum atomic E-state index is -0.801. The van der Waals surface area contributed by atoms with E-state index in [0.29, 0.717) is 0 Å². The maximum absolute atomic E-state index is 13.0. The third-order valence-electron chi connectivity index (χ3n) is 1.68. The quantitative estimate of drug-likeness (QED) is 0.574. The SMILES string of the molecule is COc1c(C(=O)Cl)ccc(F)c1C=O. The van der Waals surface area contributed by atoms with Crippen molar-refractivity contribution >= 4 is 23.1 Å². The lowest BCUT2D eigenvalue weighted by Gasteiger charge is -2.07. The Kier molecular flexibility index (Phi) is 3.19. The number of hydrogen-bond donors (Lipinski definition) is 0. The Morgan fingerprint density at radius 2 is 2.21 bits per heavy atom. The summed E-state index contributed by atoms with van der Waals surface area (Å²) in [5.74, 6) is -0.890. The van der Waals surface area contributed by atoms with E-state index in [1.807, 2.05) is 0 Å². The van der Waals surface area contributed by atoms with E-state index in [9.17, 15) is 14.0 Å². The third kappa shape index (κ3) is 1.75. The molecule has 1 aromatic carbocycles. The fraction of sp³-hybridized carbons (Fsp3) is 0.111. The third-order valence-corrected chi connectivity index (χ3v) is 1.88. The molecule has 0 saturated heterocycles. The molecule has 0 bridgehead atoms. The summed E-state index contributed by atoms with van der Waals surface area (Å²) < 4.78 is 17.7. The predicted molar refractivity (Wildman–Crippen MR) is 48.5 cm³/mol. The lowest BCUT2D eigenvalue weighted by Crippen LogP contribution is -2.01. The molecule has 0 aliphatic carbocycles. The molecule has 0 unspecified atom stereocenters. The second-order valence-electron chi connectivity index (χ2n) is 2.43. The van der Waals surface area contributed by atoms with Gasteiger partial charge in [0.25, 0.3) is 5.24 Å². The standard InChI is InChI=1S/C9H6ClFO3/c1-14-8-5(9(10)13)2-3-7(11)6(8)4-12/h2-4H,1H3. The average Bonchev–Trinajstić information content (AvgIpc) is 2.16. The van der Waals surface area contributed by atoms with Crippen molar-refractivity contribution in [2.45, 2.75) is 0 Å². The topological polar surface area (TPSA) is 43.4 Å². The fourth-order valence-corrected chi connectivity index (χ4v) is 1.21. The van der Waals surface area contributed by atoms with Crippen LogP contribution in [0.15, 0.2) is 12.1 Å². The summed E-state index contributed by atoms with van der Waals surface area (Å²) in [4.78, 5) is 21.4. The zero-order chi connectivity index (χ0) is 10.7. The van der Waals surface area contributed by atoms with E-state index in [2.05, 4.69) is 0 Å². The predicted octanol–water partition coefficient (Wildman–Crippen LogP) is 2.03. The van der Waals surface area contributed by atoms with Crippen LogP contribution in [0.1, 0.15) is 20.7 Å². The highest BCUT2D eigenvalue weighted by Gasteiger charge is 2.17. The number of carbonyl (C=O) groups excluding carboxylic acids is 2. The monoisotopic (exact) mass is 216 g/mol. The molecule has 0 radical (unpaired) electrons. The summed E-state index contributed by atoms with van der Waals surface area (Å²) in [5.41, 5.74) is -0.336. The van der Waals surface area contributed by atoms with Gasteiger partial charge in [-0.15, -0.1) is 0 Å². The van der Waals surface area contributed by atoms with E-state index in [1.54, 1.807) is 0 Å². The van der Waals surface area contributed by atoms with Crippen LogP contribution < -0.4 is 4.74 Å². The minimum Gasteiger partial charge on any atom is -0.495 e. The molecule has 3 nitrogen and oxygen atoms in total. The molecule has 5 heteroatoms. The molecule has 74 valence electrons. The summed E-state index contributed by atoms with van der Waals surface area (Å²) in [6.07, 6.45) is 0.275. The lowest BCUT2D eigenvalue weighted by atomic mass is 10.1. The second kappa shape index (κ2) is 4.19. The summed E-state index contributed by atoms with van der Waals surface area (Å²) in [6, 6.07) is 2.15. The fourth-order valence-electron chi connectivity index (χ4n) is 1.06. The Hall–Kier alpha value is -1.42. The first-order valence-electron chi connectivity index (χ1n) is 3.63. The van der Waals surface area contributed by atoms with Crippen LogP contribution in [-0.2, 0) is 0 Å². The molecular weight excluding hydrogens is 211 g/mol. The zero-order valence-electron chi connectivity index (χ0n) is 7.21. The molecule has 0 fully saturated rings. The molecule has 0 saturated carbocycles. The summed E-state index contributed by atoms with van der Waals surface area (Å²) >= 11 is 5.21. The lowest BCUT2D eigenvalue weighted by molar-refractivity contribution is 0.107. The van der Waals surface area contributed by atoms with Crippen molar-refractivity contribution in [3.05, 3.63) is 29.1 Å². The van der Waals surface area contributed by atoms with E-state index in [4.69, 9.17) is 16.3 Å². The molecule has 14 heavy (non-hydrogen) atoms. The van der Waals surface area contributed by atoms with Crippen molar-refractivity contribution in [2.24, 2.45) is 0 Å². The number of methoxy groups -OCH3 is 1. The van der Waals surface area contributed by atoms with Crippen molar-refractivity contribution < 1.29 is 18.7 Å². The maximum atomic E-state index is 13.0. The van der Waals surface area contributed by atoms with Gasteiger partial charge in [0, 0.05) is 0 Å². The Balaban J connectivity index is 3.48. The Bertz CT molecular complexity index is 390. The van der Waals surface area contributed by atoms with Crippen LogP contribution in [0.25, 0.3) is 0 Å². The van der Waals surface area contributed by atoms with Crippen LogP contribution in [0.2, 0.25) is 0 Å². The Morgan fingerprint density at radius 1 is 1.57 bits per heavy atom. The van der Waals surface area contributed by atoms with Gasteiger partial charge in [-0.05, 0) is 23.7 Å². The molecule has 0 atom stereocenters. The maximum Gasteiger partial charge on any atom is 0.256 e. The number of benzene rings is 1. The minimum absolute atomic E-state index is 0.0299. The first-order chi connectivity index (χ1) is 6.61. The number of halogens is 2. The number of hydrogen-bond acceptors (Lipinski definition) is 3. The Morgan fingerprint density at radius 3 is 2.64 bits per heavy atom. The van der Waals surface area contributed by atoms with Crippen molar-refractivity contribution in [2.75, 3.05) is 7.11 Å². The molecule has 1 aromatic rings. The zero-order valence-corrected chi connectivity index (χ0v) is 7.97. The summed E-state index contributed by atoms with van der Waals surface area (Å²) in [7, 11) is 1.23. The molecule has 0 N–H and O–H groups in total. The number of rotatable bonds is 3. The Labute approximate surface area is 84.4 Å². The van der Waals surface area contributed by atoms with Crippen LogP contribution in [0.4, 0.5) is 4.39 Å². The number of aldehydes is 1. The number of ether oxygens (including phenoxy) is 1. The van der Waals surface area contributed by atoms with Gasteiger partial charge in [0.05, 0.1) is 18.2 Å². The van der Waals surface area contributed by atoms with E-state index in [0.717, 1.165) is 12.1 Å². The molecule has 0 aliphatic rings. The van der Waals surface area contributed by atoms with Crippen molar-refractivity contribution in [3.63, 3.8) is 0 Å². The van der Waals surface area contributed by atoms with Gasteiger partial charge in [-0.2, -0.15) is 0 Å². The van der Waals surface area contributed by atoms with Crippen LogP contribution in [0, 0.1) is 5.82 Å². The molecule has 0 aromatic heterocycles. The van der Waals surface area contributed by atoms with Crippen LogP contribution in [-0.4, -0.2) is 18.6 Å². The van der Waals surface area contributed by atoms with Gasteiger partial charge in [-0.3, -0.25) is 9.59 Å². The van der Waals surface area contributed by atoms with Gasteiger partial charge in [-0.25, -0.2) is 4.39 Å². The smallest absolute Gasteiger partial charge is 0.256 e. The molecule has 0 heterocycles. The van der Waals surface area contributed by atoms with E-state index < -0.39 is 11.1 Å². The van der Waals surface area contributed by atoms with E-state index in [-0.39, 0.29) is 23.2 Å². The molecular formula is C9H6ClFO3. The molecule has 0 spiro atoms. The van der Waals surface area contributed by atoms with Crippen molar-refractivity contribution in [3.8, 4) is 5.75 Å². The molecule has 0 amide bonds. The highest BCUT2D eigenvalue weighted by molar-refractivity contribution is 6.68. The van der Waals surface area contributed by atoms with Gasteiger partial charge in [0.15, 0.2) is 6.29 Å². The van der Waals surface area contributed by atoms with Crippen LogP contribution in [0.5, 0.6) is 5.75 Å².